The number of nitrogens with zero attached hydrogens (tertiary/aromatic N) is 3. The van der Waals surface area contributed by atoms with Crippen molar-refractivity contribution in [3.05, 3.63) is 142 Å². The number of benzene rings is 4. The Kier molecular flexibility index (Phi) is 26.3. The third-order valence-electron chi connectivity index (χ3n) is 9.53. The van der Waals surface area contributed by atoms with Gasteiger partial charge in [0.05, 0.1) is 34.3 Å². The summed E-state index contributed by atoms with van der Waals surface area (Å²) in [5.41, 5.74) is 2.35. The Morgan fingerprint density at radius 3 is 1.49 bits per heavy atom. The van der Waals surface area contributed by atoms with Crippen LogP contribution in [0.15, 0.2) is 92.0 Å². The maximum absolute atomic E-state index is 12.8. The first kappa shape index (κ1) is 59.9. The molecule has 0 spiro atoms. The van der Waals surface area contributed by atoms with E-state index >= 15 is 0 Å². The minimum Gasteiger partial charge on any atom is -0.437 e. The number of fused-ring (bicyclic) bond motifs is 2. The number of rotatable bonds is 10. The lowest BCUT2D eigenvalue weighted by molar-refractivity contribution is -0.131. The number of carbonyl (C=O) groups excluding carboxylic acids is 4. The lowest BCUT2D eigenvalue weighted by Gasteiger charge is -2.07. The summed E-state index contributed by atoms with van der Waals surface area (Å²) in [7, 11) is 10.4. The zero-order valence-electron chi connectivity index (χ0n) is 42.7. The molecule has 0 radical (unpaired) electrons. The number of esters is 1. The van der Waals surface area contributed by atoms with E-state index in [4.69, 9.17) is 9.47 Å². The van der Waals surface area contributed by atoms with E-state index in [0.29, 0.717) is 40.4 Å². The van der Waals surface area contributed by atoms with Crippen molar-refractivity contribution in [3.63, 3.8) is 0 Å². The number of nitrogens with one attached hydrogen (secondary N) is 2. The number of carbonyl (C=O) groups is 4. The summed E-state index contributed by atoms with van der Waals surface area (Å²) in [6.07, 6.45) is 0.465. The quantitative estimate of drug-likeness (QED) is 0.0642. The third-order valence-corrected chi connectivity index (χ3v) is 9.53. The Morgan fingerprint density at radius 2 is 1.13 bits per heavy atom. The Labute approximate surface area is 403 Å². The molecule has 0 fully saturated rings. The predicted molar refractivity (Wildman–Crippen MR) is 273 cm³/mol. The van der Waals surface area contributed by atoms with Crippen LogP contribution < -0.4 is 42.3 Å². The van der Waals surface area contributed by atoms with Gasteiger partial charge >= 0.3 is 12.1 Å². The SMILES string of the molecule is CCCN(C)C.CCNC.CCNC(=O)c1ccc(C(C)=O)cc1.CCOC.COC(=O)Oc1ccc(OC(C)=O)c(C)c1.Cc1cc(C)cc(-n2c(=O)c3cc4c(=O)n(C)c(=O)c4cc3c2=O)c1. The molecule has 0 aliphatic carbocycles. The van der Waals surface area contributed by atoms with E-state index in [1.165, 1.54) is 59.2 Å². The molecule has 17 heteroatoms. The second kappa shape index (κ2) is 30.3. The summed E-state index contributed by atoms with van der Waals surface area (Å²) >= 11 is 0. The monoisotopic (exact) mass is 955 g/mol. The van der Waals surface area contributed by atoms with E-state index in [1.54, 1.807) is 62.6 Å². The molecule has 6 rings (SSSR count). The van der Waals surface area contributed by atoms with Crippen molar-refractivity contribution in [2.24, 2.45) is 7.05 Å². The van der Waals surface area contributed by atoms with E-state index < -0.39 is 34.4 Å². The molecule has 17 nitrogen and oxygen atoms in total. The van der Waals surface area contributed by atoms with Crippen LogP contribution in [-0.4, -0.2) is 99.5 Å². The van der Waals surface area contributed by atoms with Crippen LogP contribution in [-0.2, 0) is 21.3 Å². The third kappa shape index (κ3) is 18.9. The molecule has 0 unspecified atom stereocenters. The molecule has 0 aliphatic rings. The number of aromatic nitrogens is 2. The van der Waals surface area contributed by atoms with Gasteiger partial charge in [-0.15, -0.1) is 0 Å². The van der Waals surface area contributed by atoms with Crippen LogP contribution in [0.5, 0.6) is 11.5 Å². The first-order valence-electron chi connectivity index (χ1n) is 22.3. The molecule has 2 N–H and O–H groups in total. The molecule has 69 heavy (non-hydrogen) atoms. The summed E-state index contributed by atoms with van der Waals surface area (Å²) in [4.78, 5) is 95.9. The van der Waals surface area contributed by atoms with Crippen molar-refractivity contribution >= 4 is 45.4 Å². The lowest BCUT2D eigenvalue weighted by Crippen LogP contribution is -2.23. The normalized spacial score (nSPS) is 10.1. The molecule has 6 aromatic rings. The maximum Gasteiger partial charge on any atom is 0.513 e. The number of hydrogen-bond acceptors (Lipinski definition) is 14. The molecular formula is C52H69N5O12. The summed E-state index contributed by atoms with van der Waals surface area (Å²) in [6, 6.07) is 19.5. The summed E-state index contributed by atoms with van der Waals surface area (Å²) in [6.45, 7) is 20.1. The Bertz CT molecular complexity index is 2730. The van der Waals surface area contributed by atoms with Crippen LogP contribution in [0.25, 0.3) is 27.2 Å². The number of ketones is 1. The maximum atomic E-state index is 12.8. The van der Waals surface area contributed by atoms with Crippen molar-refractivity contribution in [1.29, 1.82) is 0 Å². The highest BCUT2D eigenvalue weighted by molar-refractivity contribution is 5.99. The number of hydrogen-bond donors (Lipinski definition) is 2. The average Bonchev–Trinajstić information content (AvgIpc) is 3.68. The van der Waals surface area contributed by atoms with Gasteiger partial charge in [-0.3, -0.25) is 38.1 Å². The van der Waals surface area contributed by atoms with Crippen molar-refractivity contribution in [2.45, 2.75) is 68.7 Å². The standard InChI is InChI=1S/C19H14N2O4.C11H13NO2.C11H12O5.C5H13N.C3H9N.C3H8O/c1-9-4-10(2)6-11(5-9)21-18(24)14-7-12-13(8-15(14)19(21)25)17(23)20(3)16(12)22;1-3-12-11(14)10-6-4-9(5-7-10)8(2)13;1-7-6-9(16-11(13)14-3)4-5-10(7)15-8(2)12;1-4-5-6(2)3;2*1-3-4-2/h4-8H,1-3H3;4-7H,3H2,1-2H3,(H,12,14);4-6H,1-3H3;4-5H2,1-3H3;4H,3H2,1-2H3;3H2,1-2H3. The molecule has 0 saturated heterocycles. The molecule has 0 aliphatic heterocycles. The van der Waals surface area contributed by atoms with Crippen LogP contribution in [0.4, 0.5) is 4.79 Å². The second-order valence-corrected chi connectivity index (χ2v) is 15.6. The van der Waals surface area contributed by atoms with E-state index in [1.807, 2.05) is 40.8 Å². The van der Waals surface area contributed by atoms with E-state index in [9.17, 15) is 38.4 Å². The van der Waals surface area contributed by atoms with Gasteiger partial charge in [-0.1, -0.05) is 32.0 Å². The van der Waals surface area contributed by atoms with Gasteiger partial charge in [0, 0.05) is 45.4 Å². The van der Waals surface area contributed by atoms with Crippen molar-refractivity contribution < 1.29 is 38.1 Å². The molecule has 0 atom stereocenters. The van der Waals surface area contributed by atoms with E-state index in [2.05, 4.69) is 53.0 Å². The molecule has 4 aromatic carbocycles. The fraction of sp³-hybridized carbons (Fsp3) is 0.385. The van der Waals surface area contributed by atoms with E-state index in [0.717, 1.165) is 33.4 Å². The molecule has 0 bridgehead atoms. The zero-order chi connectivity index (χ0) is 52.5. The highest BCUT2D eigenvalue weighted by Crippen LogP contribution is 2.24. The summed E-state index contributed by atoms with van der Waals surface area (Å²) in [5.74, 6) is 0.268. The molecule has 2 heterocycles. The molecule has 1 amide bonds. The minimum absolute atomic E-state index is 0.00690. The van der Waals surface area contributed by atoms with Gasteiger partial charge in [0.15, 0.2) is 5.78 Å². The second-order valence-electron chi connectivity index (χ2n) is 15.6. The average molecular weight is 956 g/mol. The molecular weight excluding hydrogens is 887 g/mol. The first-order valence-corrected chi connectivity index (χ1v) is 22.3. The minimum atomic E-state index is -0.792. The number of amides is 1. The zero-order valence-corrected chi connectivity index (χ0v) is 42.7. The largest absolute Gasteiger partial charge is 0.513 e. The Morgan fingerprint density at radius 1 is 0.652 bits per heavy atom. The van der Waals surface area contributed by atoms with Gasteiger partial charge in [-0.05, 0) is 153 Å². The summed E-state index contributed by atoms with van der Waals surface area (Å²) < 4.78 is 20.7. The number of methoxy groups -OCH3 is 2. The number of ether oxygens (including phenoxy) is 4. The van der Waals surface area contributed by atoms with Gasteiger partial charge in [-0.25, -0.2) is 9.36 Å². The van der Waals surface area contributed by atoms with Gasteiger partial charge < -0.3 is 34.5 Å². The fourth-order valence-electron chi connectivity index (χ4n) is 6.07. The molecule has 0 saturated carbocycles. The lowest BCUT2D eigenvalue weighted by atomic mass is 10.1. The van der Waals surface area contributed by atoms with Crippen LogP contribution in [0.3, 0.4) is 0 Å². The highest BCUT2D eigenvalue weighted by atomic mass is 16.7. The van der Waals surface area contributed by atoms with Crippen LogP contribution >= 0.6 is 0 Å². The van der Waals surface area contributed by atoms with Crippen molar-refractivity contribution in [3.8, 4) is 17.2 Å². The Balaban J connectivity index is 0.000000471. The number of aryl methyl sites for hydroxylation is 3. The molecule has 2 aromatic heterocycles. The van der Waals surface area contributed by atoms with Gasteiger partial charge in [0.25, 0.3) is 28.1 Å². The first-order chi connectivity index (χ1) is 32.6. The van der Waals surface area contributed by atoms with Crippen LogP contribution in [0, 0.1) is 20.8 Å². The van der Waals surface area contributed by atoms with Gasteiger partial charge in [0.1, 0.15) is 11.5 Å². The van der Waals surface area contributed by atoms with Crippen molar-refractivity contribution in [2.75, 3.05) is 61.6 Å². The number of Topliss-reactive ketones (excluding diaryl/α,β-unsaturated/α-hetero) is 1. The van der Waals surface area contributed by atoms with Gasteiger partial charge in [0.2, 0.25) is 0 Å². The topological polar surface area (TPSA) is 211 Å². The fourth-order valence-corrected chi connectivity index (χ4v) is 6.07. The van der Waals surface area contributed by atoms with Crippen LogP contribution in [0.1, 0.15) is 85.4 Å². The predicted octanol–water partition coefficient (Wildman–Crippen LogP) is 6.60. The van der Waals surface area contributed by atoms with Gasteiger partial charge in [-0.2, -0.15) is 0 Å². The highest BCUT2D eigenvalue weighted by Gasteiger charge is 2.19. The summed E-state index contributed by atoms with van der Waals surface area (Å²) in [5, 5.41) is 6.25. The van der Waals surface area contributed by atoms with Crippen molar-refractivity contribution in [1.82, 2.24) is 24.7 Å². The molecule has 374 valence electrons. The van der Waals surface area contributed by atoms with Crippen LogP contribution in [0.2, 0.25) is 0 Å². The van der Waals surface area contributed by atoms with E-state index in [-0.39, 0.29) is 33.2 Å². The smallest absolute Gasteiger partial charge is 0.437 e. The Hall–Kier alpha value is -7.08.